The zero-order valence-electron chi connectivity index (χ0n) is 18.2. The summed E-state index contributed by atoms with van der Waals surface area (Å²) in [5.41, 5.74) is 7.85. The van der Waals surface area contributed by atoms with Crippen molar-refractivity contribution in [2.75, 3.05) is 0 Å². The van der Waals surface area contributed by atoms with Crippen LogP contribution in [0, 0.1) is 24.5 Å². The van der Waals surface area contributed by atoms with Crippen LogP contribution in [0.15, 0.2) is 54.6 Å². The maximum atomic E-state index is 9.35. The molecule has 0 aliphatic heterocycles. The highest BCUT2D eigenvalue weighted by molar-refractivity contribution is 6.21. The van der Waals surface area contributed by atoms with Crippen LogP contribution in [-0.2, 0) is 0 Å². The van der Waals surface area contributed by atoms with Gasteiger partial charge in [0.05, 0.1) is 57.9 Å². The Kier molecular flexibility index (Phi) is 3.85. The monoisotopic (exact) mass is 459 g/mol. The Morgan fingerprint density at radius 2 is 0.861 bits per heavy atom. The predicted molar refractivity (Wildman–Crippen MR) is 135 cm³/mol. The zero-order chi connectivity index (χ0) is 24.4. The molecule has 0 amide bonds. The Morgan fingerprint density at radius 3 is 1.25 bits per heavy atom. The second-order valence-corrected chi connectivity index (χ2v) is 8.15. The minimum absolute atomic E-state index is 0.458. The third-order valence-electron chi connectivity index (χ3n) is 6.02. The van der Waals surface area contributed by atoms with Gasteiger partial charge in [-0.1, -0.05) is 12.1 Å². The quantitative estimate of drug-likeness (QED) is 0.157. The molecular formula is C27H9N9. The van der Waals surface area contributed by atoms with E-state index in [2.05, 4.69) is 15.8 Å². The lowest BCUT2D eigenvalue weighted by Gasteiger charge is -2.10. The molecule has 0 N–H and O–H groups in total. The van der Waals surface area contributed by atoms with E-state index in [9.17, 15) is 5.26 Å². The number of fused-ring (bicyclic) bond motifs is 9. The molecule has 3 aromatic heterocycles. The summed E-state index contributed by atoms with van der Waals surface area (Å²) in [6, 6.07) is 17.5. The van der Waals surface area contributed by atoms with Crippen molar-refractivity contribution in [3.8, 4) is 6.07 Å². The second-order valence-electron chi connectivity index (χ2n) is 8.15. The molecule has 7 aromatic rings. The predicted octanol–water partition coefficient (Wildman–Crippen LogP) is 5.95. The molecule has 0 aliphatic rings. The molecule has 0 bridgehead atoms. The van der Waals surface area contributed by atoms with Gasteiger partial charge in [0.15, 0.2) is 11.4 Å². The van der Waals surface area contributed by atoms with Crippen molar-refractivity contribution >= 4 is 77.6 Å². The Hall–Kier alpha value is -5.85. The third kappa shape index (κ3) is 2.73. The van der Waals surface area contributed by atoms with Gasteiger partial charge in [-0.2, -0.15) is 5.26 Å². The number of benzene rings is 4. The van der Waals surface area contributed by atoms with E-state index in [4.69, 9.17) is 43.0 Å². The molecule has 0 spiro atoms. The van der Waals surface area contributed by atoms with Crippen molar-refractivity contribution in [3.63, 3.8) is 0 Å². The first-order valence-electron chi connectivity index (χ1n) is 10.8. The molecule has 36 heavy (non-hydrogen) atoms. The summed E-state index contributed by atoms with van der Waals surface area (Å²) in [4.78, 5) is 36.1. The Bertz CT molecular complexity index is 1960. The number of hydrogen-bond acceptors (Lipinski definition) is 7. The number of aromatic nitrogens is 6. The average Bonchev–Trinajstić information content (AvgIpc) is 2.93. The van der Waals surface area contributed by atoms with Crippen molar-refractivity contribution in [1.82, 2.24) is 29.9 Å². The van der Waals surface area contributed by atoms with Crippen LogP contribution in [0.1, 0.15) is 5.56 Å². The first kappa shape index (κ1) is 19.6. The van der Waals surface area contributed by atoms with Crippen LogP contribution in [0.3, 0.4) is 0 Å². The molecule has 0 atom stereocenters. The number of nitrogens with zero attached hydrogens (tertiary/aromatic N) is 9. The first-order valence-corrected chi connectivity index (χ1v) is 10.8. The Labute approximate surface area is 202 Å². The highest BCUT2D eigenvalue weighted by Crippen LogP contribution is 2.34. The van der Waals surface area contributed by atoms with E-state index < -0.39 is 0 Å². The molecule has 0 saturated heterocycles. The maximum absolute atomic E-state index is 9.35. The third-order valence-corrected chi connectivity index (χ3v) is 6.02. The number of rotatable bonds is 0. The van der Waals surface area contributed by atoms with Gasteiger partial charge >= 0.3 is 0 Å². The van der Waals surface area contributed by atoms with E-state index in [1.807, 2.05) is 0 Å². The second kappa shape index (κ2) is 7.07. The molecular weight excluding hydrogens is 450 g/mol. The van der Waals surface area contributed by atoms with Crippen LogP contribution in [-0.4, -0.2) is 29.9 Å². The molecule has 0 unspecified atom stereocenters. The topological polar surface area (TPSA) is 110 Å². The zero-order valence-corrected chi connectivity index (χ0v) is 18.2. The normalized spacial score (nSPS) is 11.2. The standard InChI is InChI=1S/C27H9N9/c1-29-14-4-7-17-20(10-14)36-27-23(32-17)25-22(31-16-6-3-13(12-28)9-19(16)34-25)26-24(27)33-18-8-5-15(30-2)11-21(18)35-26/h3-11H. The summed E-state index contributed by atoms with van der Waals surface area (Å²) in [6.07, 6.45) is 0. The SMILES string of the molecule is [C-]#[N+]c1ccc2nc3c(nc2c1)c1nc2ccc(C#N)cc2nc1c1nc2ccc([N+]#[C-])cc2nc13. The summed E-state index contributed by atoms with van der Waals surface area (Å²) in [5.74, 6) is 0. The molecule has 0 fully saturated rings. The van der Waals surface area contributed by atoms with Crippen molar-refractivity contribution in [1.29, 1.82) is 5.26 Å². The van der Waals surface area contributed by atoms with Gasteiger partial charge in [0.2, 0.25) is 0 Å². The van der Waals surface area contributed by atoms with Crippen molar-refractivity contribution in [3.05, 3.63) is 83.0 Å². The van der Waals surface area contributed by atoms with E-state index in [1.54, 1.807) is 54.6 Å². The van der Waals surface area contributed by atoms with Crippen LogP contribution in [0.2, 0.25) is 0 Å². The Balaban J connectivity index is 1.74. The van der Waals surface area contributed by atoms with Crippen LogP contribution in [0.5, 0.6) is 0 Å². The van der Waals surface area contributed by atoms with Gasteiger partial charge in [-0.3, -0.25) is 0 Å². The fourth-order valence-electron chi connectivity index (χ4n) is 4.34. The lowest BCUT2D eigenvalue weighted by Crippen LogP contribution is -1.99. The van der Waals surface area contributed by atoms with Gasteiger partial charge < -0.3 is 0 Å². The molecule has 9 heteroatoms. The van der Waals surface area contributed by atoms with E-state index in [-0.39, 0.29) is 0 Å². The molecule has 0 saturated carbocycles. The van der Waals surface area contributed by atoms with Crippen molar-refractivity contribution < 1.29 is 0 Å². The first-order chi connectivity index (χ1) is 17.6. The number of hydrogen-bond donors (Lipinski definition) is 0. The lowest BCUT2D eigenvalue weighted by atomic mass is 10.1. The summed E-state index contributed by atoms with van der Waals surface area (Å²) in [5, 5.41) is 9.35. The molecule has 7 rings (SSSR count). The van der Waals surface area contributed by atoms with E-state index in [0.717, 1.165) is 0 Å². The van der Waals surface area contributed by atoms with E-state index in [0.29, 0.717) is 83.1 Å². The van der Waals surface area contributed by atoms with Gasteiger partial charge in [0.1, 0.15) is 33.1 Å². The molecule has 0 radical (unpaired) electrons. The minimum Gasteiger partial charge on any atom is -0.243 e. The van der Waals surface area contributed by atoms with Gasteiger partial charge in [0, 0.05) is 0 Å². The lowest BCUT2D eigenvalue weighted by molar-refractivity contribution is 1.33. The van der Waals surface area contributed by atoms with Crippen LogP contribution < -0.4 is 0 Å². The minimum atomic E-state index is 0.458. The maximum Gasteiger partial charge on any atom is 0.189 e. The fourth-order valence-corrected chi connectivity index (χ4v) is 4.34. The Morgan fingerprint density at radius 1 is 0.500 bits per heavy atom. The van der Waals surface area contributed by atoms with Gasteiger partial charge in [-0.15, -0.1) is 0 Å². The van der Waals surface area contributed by atoms with Crippen molar-refractivity contribution in [2.24, 2.45) is 0 Å². The van der Waals surface area contributed by atoms with E-state index in [1.165, 1.54) is 0 Å². The average molecular weight is 459 g/mol. The molecule has 3 heterocycles. The van der Waals surface area contributed by atoms with Gasteiger partial charge in [0.25, 0.3) is 0 Å². The molecule has 9 nitrogen and oxygen atoms in total. The van der Waals surface area contributed by atoms with Crippen LogP contribution in [0.4, 0.5) is 11.4 Å². The van der Waals surface area contributed by atoms with E-state index >= 15 is 0 Å². The molecule has 4 aromatic carbocycles. The van der Waals surface area contributed by atoms with Crippen LogP contribution >= 0.6 is 0 Å². The highest BCUT2D eigenvalue weighted by atomic mass is 14.9. The summed E-state index contributed by atoms with van der Waals surface area (Å²) >= 11 is 0. The molecule has 0 aliphatic carbocycles. The molecule has 162 valence electrons. The van der Waals surface area contributed by atoms with Crippen LogP contribution in [0.25, 0.3) is 75.9 Å². The van der Waals surface area contributed by atoms with Gasteiger partial charge in [-0.25, -0.2) is 39.6 Å². The summed E-state index contributed by atoms with van der Waals surface area (Å²) in [7, 11) is 0. The smallest absolute Gasteiger partial charge is 0.189 e. The highest BCUT2D eigenvalue weighted by Gasteiger charge is 2.19. The fraction of sp³-hybridized carbons (Fsp3) is 0. The van der Waals surface area contributed by atoms with Gasteiger partial charge in [-0.05, 0) is 42.5 Å². The number of nitriles is 1. The summed E-state index contributed by atoms with van der Waals surface area (Å²) in [6.45, 7) is 14.7. The van der Waals surface area contributed by atoms with Crippen molar-refractivity contribution in [2.45, 2.75) is 0 Å². The largest absolute Gasteiger partial charge is 0.243 e. The summed E-state index contributed by atoms with van der Waals surface area (Å²) < 4.78 is 0.